The molecule has 0 spiro atoms. The van der Waals surface area contributed by atoms with E-state index in [1.165, 1.54) is 19.4 Å². The van der Waals surface area contributed by atoms with E-state index in [-0.39, 0.29) is 6.04 Å². The molecule has 1 saturated carbocycles. The fourth-order valence-electron chi connectivity index (χ4n) is 2.86. The molecule has 0 heterocycles. The normalized spacial score (nSPS) is 15.8. The van der Waals surface area contributed by atoms with Gasteiger partial charge in [-0.25, -0.2) is 9.59 Å². The smallest absolute Gasteiger partial charge is 0.331 e. The molecule has 1 aliphatic rings. The van der Waals surface area contributed by atoms with Gasteiger partial charge in [-0.15, -0.1) is 0 Å². The number of urea groups is 1. The number of rotatable bonds is 6. The van der Waals surface area contributed by atoms with Crippen LogP contribution in [0.1, 0.15) is 44.6 Å². The van der Waals surface area contributed by atoms with Crippen molar-refractivity contribution in [2.24, 2.45) is 0 Å². The number of nitrogens with one attached hydrogen (secondary N) is 2. The fraction of sp³-hybridized carbons (Fsp3) is 0.450. The molecule has 1 atom stereocenters. The zero-order chi connectivity index (χ0) is 19.6. The molecule has 0 bridgehead atoms. The summed E-state index contributed by atoms with van der Waals surface area (Å²) in [6.07, 6.45) is 6.87. The van der Waals surface area contributed by atoms with Crippen molar-refractivity contribution >= 4 is 24.0 Å². The zero-order valence-electron chi connectivity index (χ0n) is 15.7. The number of hydrogen-bond donors (Lipinski definition) is 2. The molecule has 7 nitrogen and oxygen atoms in total. The molecular weight excluding hydrogens is 348 g/mol. The largest absolute Gasteiger partial charge is 0.497 e. The molecule has 7 heteroatoms. The van der Waals surface area contributed by atoms with Crippen molar-refractivity contribution in [3.8, 4) is 5.75 Å². The Kier molecular flexibility index (Phi) is 7.85. The van der Waals surface area contributed by atoms with Gasteiger partial charge in [-0.1, -0.05) is 31.4 Å². The second-order valence-corrected chi connectivity index (χ2v) is 6.49. The third-order valence-corrected chi connectivity index (χ3v) is 4.34. The topological polar surface area (TPSA) is 93.7 Å². The second kappa shape index (κ2) is 10.4. The number of imide groups is 1. The molecule has 0 unspecified atom stereocenters. The van der Waals surface area contributed by atoms with Gasteiger partial charge in [-0.2, -0.15) is 0 Å². The Morgan fingerprint density at radius 3 is 2.63 bits per heavy atom. The lowest BCUT2D eigenvalue weighted by molar-refractivity contribution is -0.149. The van der Waals surface area contributed by atoms with E-state index in [9.17, 15) is 14.4 Å². The highest BCUT2D eigenvalue weighted by molar-refractivity contribution is 5.98. The van der Waals surface area contributed by atoms with E-state index < -0.39 is 24.0 Å². The lowest BCUT2D eigenvalue weighted by Crippen LogP contribution is -2.48. The Morgan fingerprint density at radius 1 is 1.19 bits per heavy atom. The van der Waals surface area contributed by atoms with Crippen LogP contribution in [0.25, 0.3) is 6.08 Å². The van der Waals surface area contributed by atoms with Crippen molar-refractivity contribution in [2.45, 2.75) is 51.2 Å². The molecule has 2 N–H and O–H groups in total. The summed E-state index contributed by atoms with van der Waals surface area (Å²) in [5.74, 6) is -0.665. The van der Waals surface area contributed by atoms with E-state index in [2.05, 4.69) is 10.6 Å². The monoisotopic (exact) mass is 374 g/mol. The van der Waals surface area contributed by atoms with E-state index in [4.69, 9.17) is 9.47 Å². The number of methoxy groups -OCH3 is 1. The molecule has 0 radical (unpaired) electrons. The third-order valence-electron chi connectivity index (χ3n) is 4.34. The first-order valence-electron chi connectivity index (χ1n) is 9.12. The van der Waals surface area contributed by atoms with Gasteiger partial charge in [0.1, 0.15) is 5.75 Å². The predicted molar refractivity (Wildman–Crippen MR) is 101 cm³/mol. The van der Waals surface area contributed by atoms with Gasteiger partial charge in [0.15, 0.2) is 6.10 Å². The van der Waals surface area contributed by atoms with Crippen molar-refractivity contribution in [1.29, 1.82) is 0 Å². The van der Waals surface area contributed by atoms with E-state index in [1.54, 1.807) is 37.5 Å². The molecule has 0 saturated heterocycles. The van der Waals surface area contributed by atoms with Crippen LogP contribution in [0.2, 0.25) is 0 Å². The van der Waals surface area contributed by atoms with Crippen LogP contribution in [0.15, 0.2) is 30.3 Å². The summed E-state index contributed by atoms with van der Waals surface area (Å²) in [5.41, 5.74) is 0.760. The summed E-state index contributed by atoms with van der Waals surface area (Å²) in [6.45, 7) is 1.42. The lowest BCUT2D eigenvalue weighted by atomic mass is 9.96. The van der Waals surface area contributed by atoms with Gasteiger partial charge < -0.3 is 14.8 Å². The van der Waals surface area contributed by atoms with Crippen LogP contribution in [0.4, 0.5) is 4.79 Å². The lowest BCUT2D eigenvalue weighted by Gasteiger charge is -2.23. The first-order valence-corrected chi connectivity index (χ1v) is 9.12. The van der Waals surface area contributed by atoms with Crippen LogP contribution in [-0.4, -0.2) is 37.2 Å². The maximum atomic E-state index is 12.0. The van der Waals surface area contributed by atoms with E-state index in [0.717, 1.165) is 31.2 Å². The van der Waals surface area contributed by atoms with Crippen LogP contribution >= 0.6 is 0 Å². The molecule has 1 aliphatic carbocycles. The Balaban J connectivity index is 1.77. The number of esters is 1. The first-order chi connectivity index (χ1) is 13.0. The summed E-state index contributed by atoms with van der Waals surface area (Å²) in [6, 6.07) is 6.69. The quantitative estimate of drug-likeness (QED) is 0.590. The number of ether oxygens (including phenoxy) is 2. The van der Waals surface area contributed by atoms with Crippen molar-refractivity contribution in [1.82, 2.24) is 10.6 Å². The average Bonchev–Trinajstić information content (AvgIpc) is 2.67. The van der Waals surface area contributed by atoms with Crippen molar-refractivity contribution < 1.29 is 23.9 Å². The van der Waals surface area contributed by atoms with Gasteiger partial charge in [0.25, 0.3) is 5.91 Å². The minimum atomic E-state index is -1.08. The third kappa shape index (κ3) is 7.13. The first kappa shape index (κ1) is 20.5. The van der Waals surface area contributed by atoms with Crippen molar-refractivity contribution in [2.75, 3.05) is 7.11 Å². The number of carbonyl (C=O) groups is 3. The summed E-state index contributed by atoms with van der Waals surface area (Å²) in [4.78, 5) is 35.7. The minimum absolute atomic E-state index is 0.0928. The summed E-state index contributed by atoms with van der Waals surface area (Å²) < 4.78 is 10.1. The van der Waals surface area contributed by atoms with Crippen LogP contribution in [-0.2, 0) is 14.3 Å². The van der Waals surface area contributed by atoms with Crippen molar-refractivity contribution in [3.63, 3.8) is 0 Å². The molecule has 1 aromatic carbocycles. The van der Waals surface area contributed by atoms with Crippen LogP contribution in [0.5, 0.6) is 5.75 Å². The molecule has 27 heavy (non-hydrogen) atoms. The highest BCUT2D eigenvalue weighted by Gasteiger charge is 2.21. The molecule has 0 aromatic heterocycles. The Bertz CT molecular complexity index is 695. The number of amides is 3. The molecule has 0 aliphatic heterocycles. The number of hydrogen-bond acceptors (Lipinski definition) is 5. The Morgan fingerprint density at radius 2 is 1.93 bits per heavy atom. The van der Waals surface area contributed by atoms with Crippen LogP contribution in [0, 0.1) is 0 Å². The Hall–Kier alpha value is -2.83. The minimum Gasteiger partial charge on any atom is -0.497 e. The van der Waals surface area contributed by atoms with Crippen LogP contribution < -0.4 is 15.4 Å². The zero-order valence-corrected chi connectivity index (χ0v) is 15.7. The summed E-state index contributed by atoms with van der Waals surface area (Å²) in [7, 11) is 1.56. The maximum absolute atomic E-state index is 12.0. The molecular formula is C20H26N2O5. The molecule has 2 rings (SSSR count). The highest BCUT2D eigenvalue weighted by atomic mass is 16.5. The van der Waals surface area contributed by atoms with Gasteiger partial charge >= 0.3 is 12.0 Å². The fourth-order valence-corrected chi connectivity index (χ4v) is 2.86. The molecule has 1 fully saturated rings. The number of carbonyl (C=O) groups excluding carboxylic acids is 3. The van der Waals surface area contributed by atoms with E-state index in [1.807, 2.05) is 0 Å². The maximum Gasteiger partial charge on any atom is 0.331 e. The van der Waals surface area contributed by atoms with Gasteiger partial charge in [0, 0.05) is 12.1 Å². The second-order valence-electron chi connectivity index (χ2n) is 6.49. The average molecular weight is 374 g/mol. The van der Waals surface area contributed by atoms with E-state index >= 15 is 0 Å². The van der Waals surface area contributed by atoms with Crippen LogP contribution in [0.3, 0.4) is 0 Å². The van der Waals surface area contributed by atoms with Crippen molar-refractivity contribution in [3.05, 3.63) is 35.9 Å². The highest BCUT2D eigenvalue weighted by Crippen LogP contribution is 2.17. The summed E-state index contributed by atoms with van der Waals surface area (Å²) >= 11 is 0. The number of benzene rings is 1. The van der Waals surface area contributed by atoms with Gasteiger partial charge in [-0.3, -0.25) is 10.1 Å². The molecule has 146 valence electrons. The standard InChI is InChI=1S/C20H26N2O5/c1-14(19(24)22-20(25)21-16-8-4-3-5-9-16)27-18(23)12-11-15-7-6-10-17(13-15)26-2/h6-7,10-14,16H,3-5,8-9H2,1-2H3,(H2,21,22,24,25)/b12-11+/t14-/m0/s1. The van der Waals surface area contributed by atoms with E-state index in [0.29, 0.717) is 5.75 Å². The molecule has 3 amide bonds. The summed E-state index contributed by atoms with van der Waals surface area (Å²) in [5, 5.41) is 4.99. The Labute approximate surface area is 159 Å². The predicted octanol–water partition coefficient (Wildman–Crippen LogP) is 2.80. The van der Waals surface area contributed by atoms with Gasteiger partial charge in [0.2, 0.25) is 0 Å². The van der Waals surface area contributed by atoms with Gasteiger partial charge in [0.05, 0.1) is 7.11 Å². The molecule has 1 aromatic rings. The SMILES string of the molecule is COc1cccc(/C=C/C(=O)O[C@@H](C)C(=O)NC(=O)NC2CCCCC2)c1. The van der Waals surface area contributed by atoms with Gasteiger partial charge in [-0.05, 0) is 43.5 Å².